The van der Waals surface area contributed by atoms with Crippen molar-refractivity contribution in [3.63, 3.8) is 0 Å². The van der Waals surface area contributed by atoms with Crippen LogP contribution < -0.4 is 0 Å². The van der Waals surface area contributed by atoms with Gasteiger partial charge in [0.05, 0.1) is 25.9 Å². The van der Waals surface area contributed by atoms with Gasteiger partial charge in [-0.1, -0.05) is 26.7 Å². The molecule has 0 radical (unpaired) electrons. The number of methoxy groups -OCH3 is 1. The minimum atomic E-state index is -0.560. The number of aliphatic hydroxyl groups is 4. The fourth-order valence-corrected chi connectivity index (χ4v) is 0.595. The summed E-state index contributed by atoms with van der Waals surface area (Å²) in [6.07, 6.45) is 4.35. The maximum atomic E-state index is 8.11. The highest BCUT2D eigenvalue weighted by Gasteiger charge is 1.84. The largest absolute Gasteiger partial charge is 0.394 e. The van der Waals surface area contributed by atoms with Crippen molar-refractivity contribution in [1.29, 1.82) is 0 Å². The fraction of sp³-hybridized carbons (Fsp3) is 1.00. The molecule has 1 atom stereocenters. The van der Waals surface area contributed by atoms with Crippen LogP contribution in [0.1, 0.15) is 46.5 Å². The normalized spacial score (nSPS) is 10.1. The summed E-state index contributed by atoms with van der Waals surface area (Å²) >= 11 is 0. The fourth-order valence-electron chi connectivity index (χ4n) is 0.595. The lowest BCUT2D eigenvalue weighted by Gasteiger charge is -1.99. The van der Waals surface area contributed by atoms with Gasteiger partial charge in [0, 0.05) is 27.4 Å². The Morgan fingerprint density at radius 2 is 1.14 bits per heavy atom. The standard InChI is InChI=1S/C8H18O.C3H8O2.C2H6O2.C2H6O/c1-3-5-7-9-8-6-4-2;1-3(5)2-4;3-1-2-4;1-3-2/h3-8H2,1-2H3;3-5H,2H2,1H3;3-4H,1-2H2;1-2H3. The molecule has 0 rings (SSSR count). The van der Waals surface area contributed by atoms with Gasteiger partial charge in [-0.05, 0) is 19.8 Å². The molecule has 21 heavy (non-hydrogen) atoms. The summed E-state index contributed by atoms with van der Waals surface area (Å²) in [5, 5.41) is 31.3. The lowest BCUT2D eigenvalue weighted by Crippen LogP contribution is -2.03. The zero-order valence-corrected chi connectivity index (χ0v) is 14.5. The molecular formula is C15H38O6. The predicted octanol–water partition coefficient (Wildman–Crippen LogP) is 1.20. The van der Waals surface area contributed by atoms with Gasteiger partial charge in [0.15, 0.2) is 0 Å². The Bertz CT molecular complexity index is 115. The third-order valence-corrected chi connectivity index (χ3v) is 1.65. The van der Waals surface area contributed by atoms with E-state index in [4.69, 9.17) is 25.2 Å². The lowest BCUT2D eigenvalue weighted by molar-refractivity contribution is 0.110. The average molecular weight is 314 g/mol. The van der Waals surface area contributed by atoms with Crippen LogP contribution in [0, 0.1) is 0 Å². The molecule has 0 aliphatic carbocycles. The van der Waals surface area contributed by atoms with Crippen LogP contribution in [0.25, 0.3) is 0 Å². The van der Waals surface area contributed by atoms with Gasteiger partial charge in [0.25, 0.3) is 0 Å². The number of aliphatic hydroxyl groups excluding tert-OH is 4. The van der Waals surface area contributed by atoms with Gasteiger partial charge < -0.3 is 29.9 Å². The van der Waals surface area contributed by atoms with E-state index in [-0.39, 0.29) is 19.8 Å². The van der Waals surface area contributed by atoms with Crippen LogP contribution in [0.3, 0.4) is 0 Å². The van der Waals surface area contributed by atoms with Crippen molar-refractivity contribution in [3.8, 4) is 0 Å². The van der Waals surface area contributed by atoms with Crippen LogP contribution in [0.15, 0.2) is 0 Å². The van der Waals surface area contributed by atoms with E-state index in [1.54, 1.807) is 14.2 Å². The van der Waals surface area contributed by atoms with E-state index < -0.39 is 6.10 Å². The first-order valence-electron chi connectivity index (χ1n) is 7.50. The Balaban J connectivity index is -0.000000102. The number of hydrogen-bond acceptors (Lipinski definition) is 6. The molecule has 0 amide bonds. The Kier molecular flexibility index (Phi) is 50.5. The molecule has 0 aromatic carbocycles. The van der Waals surface area contributed by atoms with Gasteiger partial charge in [-0.25, -0.2) is 0 Å². The predicted molar refractivity (Wildman–Crippen MR) is 86.5 cm³/mol. The second-order valence-electron chi connectivity index (χ2n) is 4.21. The van der Waals surface area contributed by atoms with E-state index in [9.17, 15) is 0 Å². The van der Waals surface area contributed by atoms with Crippen molar-refractivity contribution >= 4 is 0 Å². The van der Waals surface area contributed by atoms with Crippen molar-refractivity contribution in [1.82, 2.24) is 0 Å². The van der Waals surface area contributed by atoms with Crippen LogP contribution in [0.4, 0.5) is 0 Å². The second-order valence-corrected chi connectivity index (χ2v) is 4.21. The first kappa shape index (κ1) is 28.9. The molecule has 0 heterocycles. The van der Waals surface area contributed by atoms with Crippen LogP contribution >= 0.6 is 0 Å². The summed E-state index contributed by atoms with van der Waals surface area (Å²) in [7, 11) is 3.25. The van der Waals surface area contributed by atoms with E-state index in [1.165, 1.54) is 32.6 Å². The zero-order valence-electron chi connectivity index (χ0n) is 14.5. The van der Waals surface area contributed by atoms with E-state index in [2.05, 4.69) is 18.6 Å². The third kappa shape index (κ3) is 81.2. The van der Waals surface area contributed by atoms with Crippen LogP contribution in [-0.4, -0.2) is 73.8 Å². The molecule has 6 nitrogen and oxygen atoms in total. The van der Waals surface area contributed by atoms with E-state index >= 15 is 0 Å². The topological polar surface area (TPSA) is 99.4 Å². The molecule has 6 heteroatoms. The minimum absolute atomic E-state index is 0.125. The third-order valence-electron chi connectivity index (χ3n) is 1.65. The Labute approximate surface area is 130 Å². The zero-order chi connectivity index (χ0) is 17.4. The smallest absolute Gasteiger partial charge is 0.0742 e. The molecule has 0 saturated heterocycles. The quantitative estimate of drug-likeness (QED) is 0.502. The molecule has 0 aromatic rings. The minimum Gasteiger partial charge on any atom is -0.394 e. The number of hydrogen-bond donors (Lipinski definition) is 4. The first-order chi connectivity index (χ1) is 10.0. The van der Waals surface area contributed by atoms with E-state index in [1.807, 2.05) is 0 Å². The van der Waals surface area contributed by atoms with Gasteiger partial charge in [-0.2, -0.15) is 0 Å². The molecule has 0 fully saturated rings. The summed E-state index contributed by atoms with van der Waals surface area (Å²) in [4.78, 5) is 0. The maximum Gasteiger partial charge on any atom is 0.0742 e. The van der Waals surface area contributed by atoms with Gasteiger partial charge in [0.2, 0.25) is 0 Å². The molecule has 0 bridgehead atoms. The lowest BCUT2D eigenvalue weighted by atomic mass is 10.3. The number of rotatable bonds is 8. The Hall–Kier alpha value is -0.240. The van der Waals surface area contributed by atoms with Gasteiger partial charge in [-0.3, -0.25) is 0 Å². The molecule has 1 unspecified atom stereocenters. The summed E-state index contributed by atoms with van der Waals surface area (Å²) in [5.41, 5.74) is 0. The molecule has 134 valence electrons. The number of unbranched alkanes of at least 4 members (excludes halogenated alkanes) is 2. The van der Waals surface area contributed by atoms with Crippen molar-refractivity contribution in [2.24, 2.45) is 0 Å². The van der Waals surface area contributed by atoms with Gasteiger partial charge >= 0.3 is 0 Å². The first-order valence-corrected chi connectivity index (χ1v) is 7.50. The second kappa shape index (κ2) is 36.7. The van der Waals surface area contributed by atoms with Crippen molar-refractivity contribution in [2.45, 2.75) is 52.6 Å². The van der Waals surface area contributed by atoms with Crippen LogP contribution in [0.2, 0.25) is 0 Å². The van der Waals surface area contributed by atoms with Crippen molar-refractivity contribution < 1.29 is 29.9 Å². The summed E-state index contributed by atoms with van der Waals surface area (Å²) in [6, 6.07) is 0. The van der Waals surface area contributed by atoms with Crippen molar-refractivity contribution in [3.05, 3.63) is 0 Å². The highest BCUT2D eigenvalue weighted by molar-refractivity contribution is 4.34. The van der Waals surface area contributed by atoms with Crippen molar-refractivity contribution in [2.75, 3.05) is 47.3 Å². The van der Waals surface area contributed by atoms with Gasteiger partial charge in [0.1, 0.15) is 0 Å². The summed E-state index contributed by atoms with van der Waals surface area (Å²) in [6.45, 7) is 7.42. The highest BCUT2D eigenvalue weighted by Crippen LogP contribution is 1.91. The molecule has 0 aliphatic heterocycles. The molecule has 4 N–H and O–H groups in total. The van der Waals surface area contributed by atoms with Crippen LogP contribution in [0.5, 0.6) is 0 Å². The molecule has 0 saturated carbocycles. The average Bonchev–Trinajstić information content (AvgIpc) is 2.49. The molecule has 0 spiro atoms. The molecule has 0 aliphatic rings. The highest BCUT2D eigenvalue weighted by atomic mass is 16.5. The van der Waals surface area contributed by atoms with E-state index in [0.29, 0.717) is 0 Å². The Morgan fingerprint density at radius 3 is 1.29 bits per heavy atom. The Morgan fingerprint density at radius 1 is 0.857 bits per heavy atom. The maximum absolute atomic E-state index is 8.11. The van der Waals surface area contributed by atoms with Crippen LogP contribution in [-0.2, 0) is 9.47 Å². The van der Waals surface area contributed by atoms with E-state index in [0.717, 1.165) is 13.2 Å². The molecular weight excluding hydrogens is 276 g/mol. The SMILES string of the molecule is CC(O)CO.CCCCOCCCC.COC.OCCO. The molecule has 0 aromatic heterocycles. The summed E-state index contributed by atoms with van der Waals surface area (Å²) in [5.74, 6) is 0. The monoisotopic (exact) mass is 314 g/mol. The summed E-state index contributed by atoms with van der Waals surface area (Å²) < 4.78 is 9.56. The van der Waals surface area contributed by atoms with Gasteiger partial charge in [-0.15, -0.1) is 0 Å². The number of ether oxygens (including phenoxy) is 2.